The van der Waals surface area contributed by atoms with Gasteiger partial charge in [0.2, 0.25) is 5.91 Å². The molecule has 24 heavy (non-hydrogen) atoms. The quantitative estimate of drug-likeness (QED) is 0.768. The third-order valence-corrected chi connectivity index (χ3v) is 4.11. The van der Waals surface area contributed by atoms with Crippen LogP contribution in [0.1, 0.15) is 11.1 Å². The second-order valence-corrected chi connectivity index (χ2v) is 5.77. The van der Waals surface area contributed by atoms with Crippen molar-refractivity contribution in [2.24, 2.45) is 7.05 Å². The summed E-state index contributed by atoms with van der Waals surface area (Å²) in [7, 11) is 1.69. The maximum absolute atomic E-state index is 12.4. The summed E-state index contributed by atoms with van der Waals surface area (Å²) in [4.78, 5) is 24.8. The summed E-state index contributed by atoms with van der Waals surface area (Å²) in [6, 6.07) is 12.7. The standard InChI is InChI=1S/C18H19N3O3/c1-12-7-8-13(11-22)9-14(12)19-17(23)10-21-16-6-4-3-5-15(16)20(2)18(21)24/h3-9,22H,10-11H2,1-2H3,(H,19,23). The van der Waals surface area contributed by atoms with Crippen molar-refractivity contribution in [2.75, 3.05) is 5.32 Å². The number of aromatic nitrogens is 2. The third kappa shape index (κ3) is 2.83. The van der Waals surface area contributed by atoms with Gasteiger partial charge in [-0.15, -0.1) is 0 Å². The van der Waals surface area contributed by atoms with Gasteiger partial charge in [-0.25, -0.2) is 4.79 Å². The number of nitrogens with zero attached hydrogens (tertiary/aromatic N) is 2. The number of carbonyl (C=O) groups excluding carboxylic acids is 1. The van der Waals surface area contributed by atoms with Gasteiger partial charge in [-0.1, -0.05) is 24.3 Å². The highest BCUT2D eigenvalue weighted by Gasteiger charge is 2.14. The van der Waals surface area contributed by atoms with Crippen molar-refractivity contribution in [1.29, 1.82) is 0 Å². The average Bonchev–Trinajstić information content (AvgIpc) is 2.82. The largest absolute Gasteiger partial charge is 0.392 e. The molecule has 2 aromatic carbocycles. The van der Waals surface area contributed by atoms with Gasteiger partial charge < -0.3 is 10.4 Å². The van der Waals surface area contributed by atoms with E-state index < -0.39 is 0 Å². The molecule has 0 fully saturated rings. The maximum atomic E-state index is 12.4. The average molecular weight is 325 g/mol. The lowest BCUT2D eigenvalue weighted by Gasteiger charge is -2.10. The predicted molar refractivity (Wildman–Crippen MR) is 92.9 cm³/mol. The highest BCUT2D eigenvalue weighted by Crippen LogP contribution is 2.17. The molecule has 0 bridgehead atoms. The number of imidazole rings is 1. The summed E-state index contributed by atoms with van der Waals surface area (Å²) in [6.07, 6.45) is 0. The van der Waals surface area contributed by atoms with Crippen LogP contribution in [0.4, 0.5) is 5.69 Å². The lowest BCUT2D eigenvalue weighted by molar-refractivity contribution is -0.116. The van der Waals surface area contributed by atoms with Crippen LogP contribution in [0.5, 0.6) is 0 Å². The van der Waals surface area contributed by atoms with E-state index in [0.29, 0.717) is 5.69 Å². The minimum absolute atomic E-state index is 0.0665. The number of aliphatic hydroxyl groups is 1. The lowest BCUT2D eigenvalue weighted by Crippen LogP contribution is -2.28. The first-order valence-electron chi connectivity index (χ1n) is 7.65. The highest BCUT2D eigenvalue weighted by molar-refractivity contribution is 5.92. The van der Waals surface area contributed by atoms with Crippen molar-refractivity contribution in [3.8, 4) is 0 Å². The molecule has 6 heteroatoms. The number of anilines is 1. The van der Waals surface area contributed by atoms with E-state index in [9.17, 15) is 14.7 Å². The first-order valence-corrected chi connectivity index (χ1v) is 7.65. The Morgan fingerprint density at radius 2 is 1.88 bits per heavy atom. The van der Waals surface area contributed by atoms with Gasteiger partial charge in [0.05, 0.1) is 17.6 Å². The van der Waals surface area contributed by atoms with Crippen LogP contribution in [0.3, 0.4) is 0 Å². The SMILES string of the molecule is Cc1ccc(CO)cc1NC(=O)Cn1c(=O)n(C)c2ccccc21. The van der Waals surface area contributed by atoms with Crippen LogP contribution < -0.4 is 11.0 Å². The number of fused-ring (bicyclic) bond motifs is 1. The molecule has 0 saturated carbocycles. The molecule has 0 radical (unpaired) electrons. The number of hydrogen-bond donors (Lipinski definition) is 2. The number of para-hydroxylation sites is 2. The molecule has 0 unspecified atom stereocenters. The Kier molecular flexibility index (Phi) is 4.22. The van der Waals surface area contributed by atoms with Crippen LogP contribution >= 0.6 is 0 Å². The van der Waals surface area contributed by atoms with Crippen molar-refractivity contribution in [2.45, 2.75) is 20.1 Å². The van der Waals surface area contributed by atoms with Gasteiger partial charge in [0, 0.05) is 12.7 Å². The Morgan fingerprint density at radius 1 is 1.17 bits per heavy atom. The number of hydrogen-bond acceptors (Lipinski definition) is 3. The van der Waals surface area contributed by atoms with E-state index in [-0.39, 0.29) is 24.7 Å². The van der Waals surface area contributed by atoms with Crippen LogP contribution in [0, 0.1) is 6.92 Å². The summed E-state index contributed by atoms with van der Waals surface area (Å²) in [5.74, 6) is -0.286. The summed E-state index contributed by atoms with van der Waals surface area (Å²) >= 11 is 0. The maximum Gasteiger partial charge on any atom is 0.329 e. The van der Waals surface area contributed by atoms with Gasteiger partial charge >= 0.3 is 5.69 Å². The minimum Gasteiger partial charge on any atom is -0.392 e. The second kappa shape index (κ2) is 6.33. The van der Waals surface area contributed by atoms with Crippen molar-refractivity contribution < 1.29 is 9.90 Å². The van der Waals surface area contributed by atoms with Crippen molar-refractivity contribution in [3.05, 3.63) is 64.1 Å². The molecule has 2 N–H and O–H groups in total. The van der Waals surface area contributed by atoms with E-state index in [1.165, 1.54) is 9.13 Å². The van der Waals surface area contributed by atoms with Gasteiger partial charge in [-0.3, -0.25) is 13.9 Å². The predicted octanol–water partition coefficient (Wildman–Crippen LogP) is 1.78. The fraction of sp³-hybridized carbons (Fsp3) is 0.222. The van der Waals surface area contributed by atoms with E-state index in [1.807, 2.05) is 37.3 Å². The highest BCUT2D eigenvalue weighted by atomic mass is 16.3. The summed E-state index contributed by atoms with van der Waals surface area (Å²) < 4.78 is 2.98. The zero-order chi connectivity index (χ0) is 17.3. The van der Waals surface area contributed by atoms with Crippen molar-refractivity contribution in [3.63, 3.8) is 0 Å². The first kappa shape index (κ1) is 16.0. The Morgan fingerprint density at radius 3 is 2.58 bits per heavy atom. The Balaban J connectivity index is 1.89. The molecule has 0 aliphatic heterocycles. The molecule has 1 heterocycles. The topological polar surface area (TPSA) is 76.3 Å². The zero-order valence-electron chi connectivity index (χ0n) is 13.6. The number of carbonyl (C=O) groups is 1. The minimum atomic E-state index is -0.286. The number of benzene rings is 2. The van der Waals surface area contributed by atoms with Crippen LogP contribution in [0.2, 0.25) is 0 Å². The molecule has 124 valence electrons. The molecule has 0 aliphatic rings. The van der Waals surface area contributed by atoms with Gasteiger partial charge in [-0.2, -0.15) is 0 Å². The molecule has 1 amide bonds. The molecule has 3 rings (SSSR count). The van der Waals surface area contributed by atoms with E-state index >= 15 is 0 Å². The molecular weight excluding hydrogens is 306 g/mol. The number of amides is 1. The number of aliphatic hydroxyl groups excluding tert-OH is 1. The molecule has 1 aromatic heterocycles. The molecular formula is C18H19N3O3. The van der Waals surface area contributed by atoms with Crippen molar-refractivity contribution >= 4 is 22.6 Å². The summed E-state index contributed by atoms with van der Waals surface area (Å²) in [5, 5.41) is 12.0. The number of rotatable bonds is 4. The Hall–Kier alpha value is -2.86. The first-order chi connectivity index (χ1) is 11.5. The summed E-state index contributed by atoms with van der Waals surface area (Å²) in [5.41, 5.74) is 3.53. The fourth-order valence-corrected chi connectivity index (χ4v) is 2.75. The molecule has 0 aliphatic carbocycles. The van der Waals surface area contributed by atoms with Crippen LogP contribution in [0.25, 0.3) is 11.0 Å². The van der Waals surface area contributed by atoms with E-state index in [2.05, 4.69) is 5.32 Å². The molecule has 6 nitrogen and oxygen atoms in total. The third-order valence-electron chi connectivity index (χ3n) is 4.11. The van der Waals surface area contributed by atoms with Crippen molar-refractivity contribution in [1.82, 2.24) is 9.13 Å². The molecule has 3 aromatic rings. The number of aryl methyl sites for hydroxylation is 2. The van der Waals surface area contributed by atoms with Gasteiger partial charge in [0.15, 0.2) is 0 Å². The zero-order valence-corrected chi connectivity index (χ0v) is 13.6. The number of nitrogens with one attached hydrogen (secondary N) is 1. The van der Waals surface area contributed by atoms with E-state index in [4.69, 9.17) is 0 Å². The molecule has 0 atom stereocenters. The van der Waals surface area contributed by atoms with Crippen LogP contribution in [-0.2, 0) is 25.0 Å². The van der Waals surface area contributed by atoms with Gasteiger partial charge in [0.1, 0.15) is 6.54 Å². The van der Waals surface area contributed by atoms with Crippen LogP contribution in [0.15, 0.2) is 47.3 Å². The molecule has 0 spiro atoms. The second-order valence-electron chi connectivity index (χ2n) is 5.77. The molecule has 0 saturated heterocycles. The van der Waals surface area contributed by atoms with E-state index in [0.717, 1.165) is 22.2 Å². The fourth-order valence-electron chi connectivity index (χ4n) is 2.75. The van der Waals surface area contributed by atoms with Gasteiger partial charge in [-0.05, 0) is 36.2 Å². The van der Waals surface area contributed by atoms with Crippen LogP contribution in [-0.4, -0.2) is 20.1 Å². The Bertz CT molecular complexity index is 969. The summed E-state index contributed by atoms with van der Waals surface area (Å²) in [6.45, 7) is 1.72. The lowest BCUT2D eigenvalue weighted by atomic mass is 10.1. The smallest absolute Gasteiger partial charge is 0.329 e. The Labute approximate surface area is 139 Å². The monoisotopic (exact) mass is 325 g/mol. The van der Waals surface area contributed by atoms with E-state index in [1.54, 1.807) is 19.2 Å². The normalized spacial score (nSPS) is 11.0. The van der Waals surface area contributed by atoms with Gasteiger partial charge in [0.25, 0.3) is 0 Å².